The van der Waals surface area contributed by atoms with Crippen molar-refractivity contribution in [2.45, 2.75) is 38.8 Å². The van der Waals surface area contributed by atoms with Crippen LogP contribution in [0, 0.1) is 5.92 Å². The number of methoxy groups -OCH3 is 1. The molecule has 112 valence electrons. The van der Waals surface area contributed by atoms with E-state index in [9.17, 15) is 0 Å². The van der Waals surface area contributed by atoms with Crippen LogP contribution in [0.4, 0.5) is 0 Å². The quantitative estimate of drug-likeness (QED) is 0.831. The molecule has 1 aliphatic rings. The Hall–Kier alpha value is -0.900. The molecule has 1 aromatic rings. The highest BCUT2D eigenvalue weighted by Crippen LogP contribution is 2.31. The van der Waals surface area contributed by atoms with Gasteiger partial charge in [0.15, 0.2) is 0 Å². The molecule has 1 aromatic carbocycles. The molecule has 0 saturated carbocycles. The second kappa shape index (κ2) is 7.77. The molecular weight excluding hydrogens is 250 g/mol. The van der Waals surface area contributed by atoms with E-state index in [4.69, 9.17) is 9.47 Å². The summed E-state index contributed by atoms with van der Waals surface area (Å²) in [6.07, 6.45) is 2.51. The average molecular weight is 277 g/mol. The zero-order valence-electron chi connectivity index (χ0n) is 12.9. The molecule has 0 aliphatic carbocycles. The van der Waals surface area contributed by atoms with Crippen LogP contribution in [-0.2, 0) is 15.9 Å². The van der Waals surface area contributed by atoms with Crippen molar-refractivity contribution in [3.05, 3.63) is 35.4 Å². The van der Waals surface area contributed by atoms with Crippen molar-refractivity contribution in [2.75, 3.05) is 26.9 Å². The zero-order valence-corrected chi connectivity index (χ0v) is 12.9. The van der Waals surface area contributed by atoms with Gasteiger partial charge in [0, 0.05) is 19.1 Å². The van der Waals surface area contributed by atoms with Crippen LogP contribution < -0.4 is 5.32 Å². The first kappa shape index (κ1) is 15.5. The Balaban J connectivity index is 2.04. The molecule has 0 radical (unpaired) electrons. The van der Waals surface area contributed by atoms with E-state index in [1.165, 1.54) is 11.1 Å². The third-order valence-corrected chi connectivity index (χ3v) is 4.06. The van der Waals surface area contributed by atoms with Gasteiger partial charge in [-0.2, -0.15) is 0 Å². The van der Waals surface area contributed by atoms with Crippen LogP contribution in [0.2, 0.25) is 0 Å². The molecule has 1 fully saturated rings. The van der Waals surface area contributed by atoms with Gasteiger partial charge in [-0.05, 0) is 37.4 Å². The molecule has 1 saturated heterocycles. The first-order valence-electron chi connectivity index (χ1n) is 7.67. The molecule has 20 heavy (non-hydrogen) atoms. The van der Waals surface area contributed by atoms with Gasteiger partial charge in [-0.1, -0.05) is 31.2 Å². The molecule has 0 amide bonds. The normalized spacial score (nSPS) is 23.9. The highest BCUT2D eigenvalue weighted by molar-refractivity contribution is 5.26. The van der Waals surface area contributed by atoms with Crippen molar-refractivity contribution < 1.29 is 9.47 Å². The fourth-order valence-corrected chi connectivity index (χ4v) is 2.97. The van der Waals surface area contributed by atoms with Crippen molar-refractivity contribution in [2.24, 2.45) is 5.92 Å². The minimum absolute atomic E-state index is 0.391. The number of hydrogen-bond donors (Lipinski definition) is 1. The van der Waals surface area contributed by atoms with Gasteiger partial charge >= 0.3 is 0 Å². The molecule has 3 atom stereocenters. The number of ether oxygens (including phenoxy) is 2. The van der Waals surface area contributed by atoms with Crippen molar-refractivity contribution >= 4 is 0 Å². The molecule has 1 aliphatic heterocycles. The summed E-state index contributed by atoms with van der Waals surface area (Å²) in [7, 11) is 1.75. The van der Waals surface area contributed by atoms with Gasteiger partial charge in [-0.25, -0.2) is 0 Å². The summed E-state index contributed by atoms with van der Waals surface area (Å²) in [5, 5.41) is 3.62. The molecular formula is C17H27NO2. The lowest BCUT2D eigenvalue weighted by atomic mass is 9.90. The van der Waals surface area contributed by atoms with Gasteiger partial charge in [0.05, 0.1) is 19.3 Å². The fourth-order valence-electron chi connectivity index (χ4n) is 2.97. The fraction of sp³-hybridized carbons (Fsp3) is 0.647. The topological polar surface area (TPSA) is 30.5 Å². The Morgan fingerprint density at radius 1 is 1.35 bits per heavy atom. The smallest absolute Gasteiger partial charge is 0.0551 e. The van der Waals surface area contributed by atoms with Crippen LogP contribution in [0.15, 0.2) is 24.3 Å². The van der Waals surface area contributed by atoms with Crippen molar-refractivity contribution in [3.63, 3.8) is 0 Å². The summed E-state index contributed by atoms with van der Waals surface area (Å²) in [5.74, 6) is 0.578. The van der Waals surface area contributed by atoms with Crippen molar-refractivity contribution in [1.82, 2.24) is 5.32 Å². The van der Waals surface area contributed by atoms with Crippen LogP contribution in [0.5, 0.6) is 0 Å². The highest BCUT2D eigenvalue weighted by Gasteiger charge is 2.29. The van der Waals surface area contributed by atoms with Gasteiger partial charge < -0.3 is 14.8 Å². The molecule has 2 rings (SSSR count). The van der Waals surface area contributed by atoms with Crippen molar-refractivity contribution in [1.29, 1.82) is 0 Å². The maximum absolute atomic E-state index is 5.73. The molecule has 3 nitrogen and oxygen atoms in total. The minimum atomic E-state index is 0.391. The van der Waals surface area contributed by atoms with Crippen LogP contribution in [0.3, 0.4) is 0 Å². The lowest BCUT2D eigenvalue weighted by molar-refractivity contribution is 0.117. The van der Waals surface area contributed by atoms with E-state index in [0.717, 1.165) is 32.6 Å². The summed E-state index contributed by atoms with van der Waals surface area (Å²) in [6.45, 7) is 6.96. The summed E-state index contributed by atoms with van der Waals surface area (Å²) >= 11 is 0. The molecule has 3 heteroatoms. The Morgan fingerprint density at radius 2 is 2.10 bits per heavy atom. The Morgan fingerprint density at radius 3 is 2.65 bits per heavy atom. The van der Waals surface area contributed by atoms with E-state index in [1.807, 2.05) is 0 Å². The van der Waals surface area contributed by atoms with E-state index < -0.39 is 0 Å². The molecule has 0 spiro atoms. The van der Waals surface area contributed by atoms with Gasteiger partial charge in [-0.15, -0.1) is 0 Å². The molecule has 0 aromatic heterocycles. The first-order valence-corrected chi connectivity index (χ1v) is 7.67. The third kappa shape index (κ3) is 4.05. The minimum Gasteiger partial charge on any atom is -0.384 e. The summed E-state index contributed by atoms with van der Waals surface area (Å²) in [6, 6.07) is 9.35. The van der Waals surface area contributed by atoms with Crippen LogP contribution >= 0.6 is 0 Å². The van der Waals surface area contributed by atoms with Crippen LogP contribution in [-0.4, -0.2) is 33.0 Å². The summed E-state index contributed by atoms with van der Waals surface area (Å²) in [4.78, 5) is 0. The number of nitrogens with one attached hydrogen (secondary N) is 1. The third-order valence-electron chi connectivity index (χ3n) is 4.06. The van der Waals surface area contributed by atoms with Crippen molar-refractivity contribution in [3.8, 4) is 0 Å². The molecule has 3 unspecified atom stereocenters. The Kier molecular flexibility index (Phi) is 6.02. The first-order chi connectivity index (χ1) is 9.74. The standard InChI is InChI=1S/C17H27NO2/c1-4-18-17(16-11-13(2)20-12-16)15-7-5-14(6-8-15)9-10-19-3/h5-8,13,16-18H,4,9-12H2,1-3H3. The number of rotatable bonds is 7. The summed E-state index contributed by atoms with van der Waals surface area (Å²) < 4.78 is 10.9. The molecule has 1 heterocycles. The number of benzene rings is 1. The monoisotopic (exact) mass is 277 g/mol. The van der Waals surface area contributed by atoms with E-state index in [0.29, 0.717) is 18.1 Å². The highest BCUT2D eigenvalue weighted by atomic mass is 16.5. The maximum atomic E-state index is 5.73. The van der Waals surface area contributed by atoms with Gasteiger partial charge in [0.1, 0.15) is 0 Å². The predicted molar refractivity (Wildman–Crippen MR) is 82.0 cm³/mol. The maximum Gasteiger partial charge on any atom is 0.0551 e. The lowest BCUT2D eigenvalue weighted by Crippen LogP contribution is -2.28. The SMILES string of the molecule is CCNC(c1ccc(CCOC)cc1)C1COC(C)C1. The van der Waals surface area contributed by atoms with Crippen LogP contribution in [0.25, 0.3) is 0 Å². The second-order valence-electron chi connectivity index (χ2n) is 5.66. The van der Waals surface area contributed by atoms with Gasteiger partial charge in [0.2, 0.25) is 0 Å². The lowest BCUT2D eigenvalue weighted by Gasteiger charge is -2.24. The Labute approximate surface area is 122 Å². The van der Waals surface area contributed by atoms with E-state index in [-0.39, 0.29) is 0 Å². The predicted octanol–water partition coefficient (Wildman–Crippen LogP) is 2.95. The Bertz CT molecular complexity index is 390. The van der Waals surface area contributed by atoms with E-state index >= 15 is 0 Å². The number of hydrogen-bond acceptors (Lipinski definition) is 3. The average Bonchev–Trinajstić information content (AvgIpc) is 2.89. The largest absolute Gasteiger partial charge is 0.384 e. The van der Waals surface area contributed by atoms with Gasteiger partial charge in [-0.3, -0.25) is 0 Å². The van der Waals surface area contributed by atoms with E-state index in [2.05, 4.69) is 43.4 Å². The molecule has 1 N–H and O–H groups in total. The van der Waals surface area contributed by atoms with Gasteiger partial charge in [0.25, 0.3) is 0 Å². The second-order valence-corrected chi connectivity index (χ2v) is 5.66. The zero-order chi connectivity index (χ0) is 14.4. The van der Waals surface area contributed by atoms with E-state index in [1.54, 1.807) is 7.11 Å². The summed E-state index contributed by atoms with van der Waals surface area (Å²) in [5.41, 5.74) is 2.71. The molecule has 0 bridgehead atoms. The van der Waals surface area contributed by atoms with Crippen LogP contribution in [0.1, 0.15) is 37.4 Å².